The molecule has 0 amide bonds. The molecule has 5 aromatic heterocycles. The van der Waals surface area contributed by atoms with E-state index in [1.165, 1.54) is 76.2 Å². The molecule has 0 saturated heterocycles. The van der Waals surface area contributed by atoms with Gasteiger partial charge in [-0.05, 0) is 70.8 Å². The molecule has 13 aromatic rings. The van der Waals surface area contributed by atoms with Crippen molar-refractivity contribution in [1.29, 1.82) is 0 Å². The van der Waals surface area contributed by atoms with Crippen LogP contribution in [0.15, 0.2) is 167 Å². The van der Waals surface area contributed by atoms with E-state index in [1.54, 1.807) is 0 Å². The van der Waals surface area contributed by atoms with E-state index in [9.17, 15) is 4.79 Å². The van der Waals surface area contributed by atoms with E-state index in [0.717, 1.165) is 22.3 Å². The maximum absolute atomic E-state index is 14.6. The highest BCUT2D eigenvalue weighted by Crippen LogP contribution is 2.45. The number of hydrogen-bond acceptors (Lipinski definition) is 2. The van der Waals surface area contributed by atoms with Gasteiger partial charge in [-0.15, -0.1) is 0 Å². The number of aromatic nitrogens is 2. The van der Waals surface area contributed by atoms with Crippen molar-refractivity contribution in [2.45, 2.75) is 0 Å². The number of hydrogen-bond donors (Lipinski definition) is 0. The van der Waals surface area contributed by atoms with E-state index < -0.39 is 0 Å². The minimum Gasteiger partial charge on any atom is -0.456 e. The van der Waals surface area contributed by atoms with Gasteiger partial charge in [0.25, 0.3) is 0 Å². The first kappa shape index (κ1) is 27.5. The zero-order chi connectivity index (χ0) is 34.5. The zero-order valence-corrected chi connectivity index (χ0v) is 28.2. The molecule has 4 heteroatoms. The Hall–Kier alpha value is -7.17. The number of rotatable bonds is 2. The molecule has 0 aliphatic heterocycles. The van der Waals surface area contributed by atoms with Gasteiger partial charge in [0, 0.05) is 43.1 Å². The summed E-state index contributed by atoms with van der Waals surface area (Å²) in [7, 11) is 0. The van der Waals surface area contributed by atoms with Gasteiger partial charge in [-0.2, -0.15) is 0 Å². The van der Waals surface area contributed by atoms with Crippen LogP contribution in [0.1, 0.15) is 0 Å². The molecular weight excluding hydrogens is 649 g/mol. The molecule has 5 heterocycles. The molecule has 244 valence electrons. The Morgan fingerprint density at radius 1 is 0.358 bits per heavy atom. The maximum Gasteiger partial charge on any atom is 0.200 e. The summed E-state index contributed by atoms with van der Waals surface area (Å²) in [6.45, 7) is 0. The Labute approximate surface area is 300 Å². The third kappa shape index (κ3) is 3.34. The van der Waals surface area contributed by atoms with E-state index in [4.69, 9.17) is 4.42 Å². The summed E-state index contributed by atoms with van der Waals surface area (Å²) in [6.07, 6.45) is 0. The first-order chi connectivity index (χ1) is 26.2. The predicted molar refractivity (Wildman–Crippen MR) is 220 cm³/mol. The number of fused-ring (bicyclic) bond motifs is 14. The van der Waals surface area contributed by atoms with Crippen molar-refractivity contribution in [3.63, 3.8) is 0 Å². The molecule has 8 aromatic carbocycles. The average Bonchev–Trinajstić information content (AvgIpc) is 3.95. The Balaban J connectivity index is 1.05. The highest BCUT2D eigenvalue weighted by Gasteiger charge is 2.23. The van der Waals surface area contributed by atoms with Gasteiger partial charge in [-0.1, -0.05) is 109 Å². The van der Waals surface area contributed by atoms with Gasteiger partial charge >= 0.3 is 0 Å². The number of nitrogens with zero attached hydrogens (tertiary/aromatic N) is 2. The van der Waals surface area contributed by atoms with Gasteiger partial charge in [0.05, 0.1) is 43.9 Å². The second kappa shape index (κ2) is 9.58. The van der Waals surface area contributed by atoms with Crippen LogP contribution in [0, 0.1) is 0 Å². The second-order valence-corrected chi connectivity index (χ2v) is 14.4. The molecule has 0 spiro atoms. The van der Waals surface area contributed by atoms with Crippen LogP contribution in [0.5, 0.6) is 0 Å². The molecule has 0 atom stereocenters. The zero-order valence-electron chi connectivity index (χ0n) is 28.2. The molecule has 0 radical (unpaired) electrons. The van der Waals surface area contributed by atoms with Crippen LogP contribution < -0.4 is 5.43 Å². The fraction of sp³-hybridized carbons (Fsp3) is 0. The average molecular weight is 675 g/mol. The van der Waals surface area contributed by atoms with Gasteiger partial charge < -0.3 is 13.2 Å². The lowest BCUT2D eigenvalue weighted by atomic mass is 9.95. The summed E-state index contributed by atoms with van der Waals surface area (Å²) in [5.74, 6) is 0. The van der Waals surface area contributed by atoms with E-state index in [1.807, 2.05) is 24.3 Å². The summed E-state index contributed by atoms with van der Waals surface area (Å²) in [4.78, 5) is 14.6. The largest absolute Gasteiger partial charge is 0.456 e. The van der Waals surface area contributed by atoms with Crippen LogP contribution in [0.3, 0.4) is 0 Å². The lowest BCUT2D eigenvalue weighted by molar-refractivity contribution is 0.660. The lowest BCUT2D eigenvalue weighted by Gasteiger charge is -2.09. The molecule has 0 aliphatic rings. The van der Waals surface area contributed by atoms with E-state index in [-0.39, 0.29) is 5.43 Å². The van der Waals surface area contributed by atoms with Crippen molar-refractivity contribution in [2.75, 3.05) is 0 Å². The monoisotopic (exact) mass is 674 g/mol. The quantitative estimate of drug-likeness (QED) is 0.171. The van der Waals surface area contributed by atoms with Crippen molar-refractivity contribution < 1.29 is 4.42 Å². The van der Waals surface area contributed by atoms with Crippen LogP contribution in [0.4, 0.5) is 0 Å². The Morgan fingerprint density at radius 3 is 1.21 bits per heavy atom. The van der Waals surface area contributed by atoms with Crippen molar-refractivity contribution >= 4 is 98.1 Å². The van der Waals surface area contributed by atoms with Crippen LogP contribution in [0.25, 0.3) is 120 Å². The highest BCUT2D eigenvalue weighted by atomic mass is 16.3. The highest BCUT2D eigenvalue weighted by molar-refractivity contribution is 6.28. The van der Waals surface area contributed by atoms with Crippen molar-refractivity contribution in [3.8, 4) is 22.3 Å². The summed E-state index contributed by atoms with van der Waals surface area (Å²) in [5.41, 5.74) is 12.6. The summed E-state index contributed by atoms with van der Waals surface area (Å²) < 4.78 is 11.3. The summed E-state index contributed by atoms with van der Waals surface area (Å²) in [5, 5.41) is 10.9. The molecule has 0 bridgehead atoms. The van der Waals surface area contributed by atoms with Crippen LogP contribution in [-0.2, 0) is 0 Å². The van der Waals surface area contributed by atoms with E-state index in [0.29, 0.717) is 21.9 Å². The maximum atomic E-state index is 14.6. The Kier molecular flexibility index (Phi) is 4.98. The van der Waals surface area contributed by atoms with Crippen LogP contribution in [-0.4, -0.2) is 8.80 Å². The minimum absolute atomic E-state index is 0.0241. The minimum atomic E-state index is -0.0241. The Morgan fingerprint density at radius 2 is 0.755 bits per heavy atom. The third-order valence-corrected chi connectivity index (χ3v) is 11.8. The molecule has 53 heavy (non-hydrogen) atoms. The predicted octanol–water partition coefficient (Wildman–Crippen LogP) is 12.6. The fourth-order valence-corrected chi connectivity index (χ4v) is 9.59. The molecule has 13 rings (SSSR count). The summed E-state index contributed by atoms with van der Waals surface area (Å²) >= 11 is 0. The van der Waals surface area contributed by atoms with Gasteiger partial charge in [0.2, 0.25) is 5.43 Å². The molecular formula is C49H26N2O2. The Bertz CT molecular complexity index is 3520. The SMILES string of the molecule is O=c1c2cc(-c3ccc4c5ccccc5n5c6ccccc6c3c45)ccc2oc2ccc(-c3ccc4c5ccccc5n5c6ccccc6c3c45)cc12. The number of para-hydroxylation sites is 4. The van der Waals surface area contributed by atoms with Gasteiger partial charge in [-0.3, -0.25) is 4.79 Å². The van der Waals surface area contributed by atoms with Gasteiger partial charge in [-0.25, -0.2) is 0 Å². The third-order valence-electron chi connectivity index (χ3n) is 11.8. The van der Waals surface area contributed by atoms with Crippen molar-refractivity contribution in [3.05, 3.63) is 168 Å². The van der Waals surface area contributed by atoms with E-state index >= 15 is 0 Å². The lowest BCUT2D eigenvalue weighted by Crippen LogP contribution is -2.02. The van der Waals surface area contributed by atoms with Crippen molar-refractivity contribution in [2.24, 2.45) is 0 Å². The molecule has 0 saturated carbocycles. The topological polar surface area (TPSA) is 39.0 Å². The summed E-state index contributed by atoms with van der Waals surface area (Å²) in [6, 6.07) is 55.5. The van der Waals surface area contributed by atoms with Crippen LogP contribution >= 0.6 is 0 Å². The van der Waals surface area contributed by atoms with Crippen molar-refractivity contribution in [1.82, 2.24) is 8.80 Å². The molecule has 0 N–H and O–H groups in total. The second-order valence-electron chi connectivity index (χ2n) is 14.4. The molecule has 4 nitrogen and oxygen atoms in total. The van der Waals surface area contributed by atoms with E-state index in [2.05, 4.69) is 142 Å². The first-order valence-electron chi connectivity index (χ1n) is 18.1. The number of benzene rings is 8. The standard InChI is InChI=1S/C49H26N2O2/c52-49-37-25-27(29-19-21-33-31-9-1-5-13-39(31)50-41-15-7-3-11-35(41)45(29)47(33)50)17-23-43(37)53-44-24-18-28(26-38(44)49)30-20-22-34-32-10-2-6-14-40(32)51-42-16-8-4-12-36(42)46(30)48(34)51/h1-26H. The fourth-order valence-electron chi connectivity index (χ4n) is 9.59. The van der Waals surface area contributed by atoms with Gasteiger partial charge in [0.1, 0.15) is 11.2 Å². The molecule has 0 unspecified atom stereocenters. The van der Waals surface area contributed by atoms with Crippen LogP contribution in [0.2, 0.25) is 0 Å². The first-order valence-corrected chi connectivity index (χ1v) is 18.1. The normalized spacial score (nSPS) is 12.6. The molecule has 0 fully saturated rings. The smallest absolute Gasteiger partial charge is 0.200 e. The molecule has 0 aliphatic carbocycles. The van der Waals surface area contributed by atoms with Gasteiger partial charge in [0.15, 0.2) is 0 Å².